The summed E-state index contributed by atoms with van der Waals surface area (Å²) in [7, 11) is 0. The fraction of sp³-hybridized carbons (Fsp3) is 0.333. The monoisotopic (exact) mass is 235 g/mol. The minimum atomic E-state index is -0.979. The van der Waals surface area contributed by atoms with Gasteiger partial charge >= 0.3 is 0 Å². The normalized spacial score (nSPS) is 10.8. The van der Waals surface area contributed by atoms with Crippen molar-refractivity contribution in [3.05, 3.63) is 30.3 Å². The largest absolute Gasteiger partial charge is 0.345 e. The van der Waals surface area contributed by atoms with Crippen molar-refractivity contribution in [2.45, 2.75) is 19.4 Å². The van der Waals surface area contributed by atoms with Gasteiger partial charge < -0.3 is 16.4 Å². The van der Waals surface area contributed by atoms with Crippen LogP contribution in [-0.4, -0.2) is 23.9 Å². The summed E-state index contributed by atoms with van der Waals surface area (Å²) in [5.74, 6) is -0.644. The number of para-hydroxylation sites is 1. The number of anilines is 1. The van der Waals surface area contributed by atoms with Crippen LogP contribution in [0.2, 0.25) is 0 Å². The topological polar surface area (TPSA) is 84.2 Å². The van der Waals surface area contributed by atoms with Crippen molar-refractivity contribution in [3.8, 4) is 0 Å². The molecule has 0 aromatic heterocycles. The van der Waals surface area contributed by atoms with Crippen LogP contribution in [0.5, 0.6) is 0 Å². The molecule has 5 heteroatoms. The Bertz CT molecular complexity index is 396. The third-order valence-electron chi connectivity index (χ3n) is 2.05. The van der Waals surface area contributed by atoms with E-state index >= 15 is 0 Å². The molecular weight excluding hydrogens is 218 g/mol. The van der Waals surface area contributed by atoms with Gasteiger partial charge in [0.05, 0.1) is 12.1 Å². The summed E-state index contributed by atoms with van der Waals surface area (Å²) in [6.07, 6.45) is 0. The average molecular weight is 235 g/mol. The molecule has 0 aliphatic carbocycles. The Kier molecular flexibility index (Phi) is 4.23. The first-order valence-corrected chi connectivity index (χ1v) is 5.31. The van der Waals surface area contributed by atoms with Crippen LogP contribution in [0.1, 0.15) is 13.8 Å². The Labute approximate surface area is 100 Å². The molecule has 0 saturated heterocycles. The van der Waals surface area contributed by atoms with E-state index in [0.29, 0.717) is 5.69 Å². The van der Waals surface area contributed by atoms with Crippen molar-refractivity contribution in [3.63, 3.8) is 0 Å². The molecule has 92 valence electrons. The molecule has 1 aromatic carbocycles. The van der Waals surface area contributed by atoms with Gasteiger partial charge in [0.2, 0.25) is 11.8 Å². The highest BCUT2D eigenvalue weighted by molar-refractivity contribution is 5.95. The highest BCUT2D eigenvalue weighted by atomic mass is 16.2. The molecule has 2 amide bonds. The average Bonchev–Trinajstić information content (AvgIpc) is 2.26. The summed E-state index contributed by atoms with van der Waals surface area (Å²) >= 11 is 0. The number of nitrogens with two attached hydrogens (primary N) is 1. The number of benzene rings is 1. The molecule has 17 heavy (non-hydrogen) atoms. The highest BCUT2D eigenvalue weighted by Crippen LogP contribution is 2.04. The lowest BCUT2D eigenvalue weighted by molar-refractivity contribution is -0.127. The molecular formula is C12H17N3O2. The lowest BCUT2D eigenvalue weighted by atomic mass is 10.1. The summed E-state index contributed by atoms with van der Waals surface area (Å²) in [6, 6.07) is 9.03. The first kappa shape index (κ1) is 13.2. The predicted octanol–water partition coefficient (Wildman–Crippen LogP) is 0.479. The lowest BCUT2D eigenvalue weighted by Gasteiger charge is -2.17. The van der Waals surface area contributed by atoms with Gasteiger partial charge in [-0.2, -0.15) is 0 Å². The second kappa shape index (κ2) is 5.45. The molecule has 0 heterocycles. The molecule has 0 unspecified atom stereocenters. The van der Waals surface area contributed by atoms with Gasteiger partial charge in [0.1, 0.15) is 0 Å². The summed E-state index contributed by atoms with van der Waals surface area (Å²) in [6.45, 7) is 3.07. The van der Waals surface area contributed by atoms with Crippen LogP contribution < -0.4 is 16.4 Å². The van der Waals surface area contributed by atoms with E-state index in [1.54, 1.807) is 26.0 Å². The summed E-state index contributed by atoms with van der Waals surface area (Å²) in [5, 5.41) is 5.12. The van der Waals surface area contributed by atoms with Gasteiger partial charge in [0.15, 0.2) is 0 Å². The van der Waals surface area contributed by atoms with Gasteiger partial charge in [-0.15, -0.1) is 0 Å². The molecule has 0 aliphatic rings. The fourth-order valence-corrected chi connectivity index (χ4v) is 1.12. The van der Waals surface area contributed by atoms with Crippen molar-refractivity contribution in [1.29, 1.82) is 0 Å². The third-order valence-corrected chi connectivity index (χ3v) is 2.05. The Balaban J connectivity index is 2.39. The first-order chi connectivity index (χ1) is 7.89. The Morgan fingerprint density at radius 1 is 1.24 bits per heavy atom. The standard InChI is InChI=1S/C12H17N3O2/c1-12(2,13)11(17)14-8-10(16)15-9-6-4-3-5-7-9/h3-7H,8,13H2,1-2H3,(H,14,17)(H,15,16). The van der Waals surface area contributed by atoms with Crippen LogP contribution in [0, 0.1) is 0 Å². The Morgan fingerprint density at radius 2 is 1.82 bits per heavy atom. The van der Waals surface area contributed by atoms with E-state index in [9.17, 15) is 9.59 Å². The van der Waals surface area contributed by atoms with E-state index in [1.165, 1.54) is 0 Å². The van der Waals surface area contributed by atoms with E-state index in [0.717, 1.165) is 0 Å². The number of nitrogens with one attached hydrogen (secondary N) is 2. The van der Waals surface area contributed by atoms with Gasteiger partial charge in [0.25, 0.3) is 0 Å². The van der Waals surface area contributed by atoms with Crippen molar-refractivity contribution < 1.29 is 9.59 Å². The second-order valence-electron chi connectivity index (χ2n) is 4.32. The minimum Gasteiger partial charge on any atom is -0.345 e. The summed E-state index contributed by atoms with van der Waals surface area (Å²) in [4.78, 5) is 22.9. The second-order valence-corrected chi connectivity index (χ2v) is 4.32. The van der Waals surface area contributed by atoms with Crippen LogP contribution in [0.15, 0.2) is 30.3 Å². The zero-order chi connectivity index (χ0) is 12.9. The van der Waals surface area contributed by atoms with Crippen LogP contribution in [0.4, 0.5) is 5.69 Å². The van der Waals surface area contributed by atoms with Crippen LogP contribution in [-0.2, 0) is 9.59 Å². The number of amides is 2. The smallest absolute Gasteiger partial charge is 0.243 e. The zero-order valence-electron chi connectivity index (χ0n) is 9.99. The number of carbonyl (C=O) groups is 2. The number of hydrogen-bond acceptors (Lipinski definition) is 3. The van der Waals surface area contributed by atoms with E-state index in [4.69, 9.17) is 5.73 Å². The molecule has 1 rings (SSSR count). The van der Waals surface area contributed by atoms with Crippen LogP contribution in [0.25, 0.3) is 0 Å². The molecule has 1 aromatic rings. The molecule has 0 atom stereocenters. The molecule has 0 spiro atoms. The fourth-order valence-electron chi connectivity index (χ4n) is 1.12. The first-order valence-electron chi connectivity index (χ1n) is 5.31. The van der Waals surface area contributed by atoms with Crippen molar-refractivity contribution in [1.82, 2.24) is 5.32 Å². The van der Waals surface area contributed by atoms with E-state index in [2.05, 4.69) is 10.6 Å². The van der Waals surface area contributed by atoms with Gasteiger partial charge in [-0.05, 0) is 26.0 Å². The van der Waals surface area contributed by atoms with Gasteiger partial charge in [-0.1, -0.05) is 18.2 Å². The van der Waals surface area contributed by atoms with Crippen LogP contribution in [0.3, 0.4) is 0 Å². The predicted molar refractivity (Wildman–Crippen MR) is 66.3 cm³/mol. The SMILES string of the molecule is CC(C)(N)C(=O)NCC(=O)Nc1ccccc1. The van der Waals surface area contributed by atoms with Gasteiger partial charge in [-0.3, -0.25) is 9.59 Å². The van der Waals surface area contributed by atoms with Crippen molar-refractivity contribution in [2.75, 3.05) is 11.9 Å². The summed E-state index contributed by atoms with van der Waals surface area (Å²) in [5.41, 5.74) is 5.29. The van der Waals surface area contributed by atoms with Gasteiger partial charge in [0, 0.05) is 5.69 Å². The molecule has 0 aliphatic heterocycles. The maximum absolute atomic E-state index is 11.5. The minimum absolute atomic E-state index is 0.0889. The molecule has 0 radical (unpaired) electrons. The molecule has 0 bridgehead atoms. The van der Waals surface area contributed by atoms with Crippen LogP contribution >= 0.6 is 0 Å². The van der Waals surface area contributed by atoms with E-state index in [-0.39, 0.29) is 18.4 Å². The zero-order valence-corrected chi connectivity index (χ0v) is 9.99. The Hall–Kier alpha value is -1.88. The maximum Gasteiger partial charge on any atom is 0.243 e. The number of hydrogen-bond donors (Lipinski definition) is 3. The van der Waals surface area contributed by atoms with E-state index in [1.807, 2.05) is 18.2 Å². The van der Waals surface area contributed by atoms with E-state index < -0.39 is 5.54 Å². The molecule has 0 fully saturated rings. The molecule has 0 saturated carbocycles. The number of rotatable bonds is 4. The van der Waals surface area contributed by atoms with Crippen molar-refractivity contribution in [2.24, 2.45) is 5.73 Å². The van der Waals surface area contributed by atoms with Crippen molar-refractivity contribution >= 4 is 17.5 Å². The number of carbonyl (C=O) groups excluding carboxylic acids is 2. The molecule has 4 N–H and O–H groups in total. The molecule has 5 nitrogen and oxygen atoms in total. The van der Waals surface area contributed by atoms with Gasteiger partial charge in [-0.25, -0.2) is 0 Å². The highest BCUT2D eigenvalue weighted by Gasteiger charge is 2.21. The third kappa shape index (κ3) is 4.65. The maximum atomic E-state index is 11.5. The summed E-state index contributed by atoms with van der Waals surface area (Å²) < 4.78 is 0. The Morgan fingerprint density at radius 3 is 2.35 bits per heavy atom. The quantitative estimate of drug-likeness (QED) is 0.709. The lowest BCUT2D eigenvalue weighted by Crippen LogP contribution is -2.50.